The molecule has 0 aliphatic heterocycles. The molecule has 1 fully saturated rings. The van der Waals surface area contributed by atoms with E-state index in [2.05, 4.69) is 20.8 Å². The number of amides is 2. The Kier molecular flexibility index (Phi) is 7.08. The van der Waals surface area contributed by atoms with E-state index in [1.807, 2.05) is 44.2 Å². The molecular formula is C25H27ClN4O3. The normalized spacial score (nSPS) is 15.2. The summed E-state index contributed by atoms with van der Waals surface area (Å²) in [5, 5.41) is 10.4. The lowest BCUT2D eigenvalue weighted by molar-refractivity contribution is -0.122. The van der Waals surface area contributed by atoms with Crippen molar-refractivity contribution in [2.75, 3.05) is 0 Å². The lowest BCUT2D eigenvalue weighted by Crippen LogP contribution is -2.37. The predicted molar refractivity (Wildman–Crippen MR) is 125 cm³/mol. The first-order valence-corrected chi connectivity index (χ1v) is 11.5. The van der Waals surface area contributed by atoms with E-state index in [0.29, 0.717) is 28.2 Å². The number of benzene rings is 2. The van der Waals surface area contributed by atoms with E-state index in [4.69, 9.17) is 16.1 Å². The molecule has 33 heavy (non-hydrogen) atoms. The number of carbonyl (C=O) groups excluding carboxylic acids is 2. The van der Waals surface area contributed by atoms with Gasteiger partial charge in [0, 0.05) is 5.92 Å². The molecule has 8 heteroatoms. The summed E-state index contributed by atoms with van der Waals surface area (Å²) in [5.74, 6) is 0.973. The molecule has 2 atom stereocenters. The number of hydrogen-bond acceptors (Lipinski definition) is 5. The molecule has 2 N–H and O–H groups in total. The summed E-state index contributed by atoms with van der Waals surface area (Å²) in [6.45, 7) is 3.97. The highest BCUT2D eigenvalue weighted by Crippen LogP contribution is 2.38. The summed E-state index contributed by atoms with van der Waals surface area (Å²) < 4.78 is 5.46. The molecular weight excluding hydrogens is 440 g/mol. The van der Waals surface area contributed by atoms with Crippen molar-refractivity contribution in [3.8, 4) is 0 Å². The Labute approximate surface area is 197 Å². The Morgan fingerprint density at radius 1 is 1.06 bits per heavy atom. The van der Waals surface area contributed by atoms with Crippen LogP contribution in [0.2, 0.25) is 5.02 Å². The van der Waals surface area contributed by atoms with Gasteiger partial charge in [0.1, 0.15) is 6.04 Å². The zero-order valence-corrected chi connectivity index (χ0v) is 19.4. The first-order valence-electron chi connectivity index (χ1n) is 11.2. The van der Waals surface area contributed by atoms with Crippen LogP contribution in [-0.2, 0) is 4.79 Å². The van der Waals surface area contributed by atoms with E-state index in [0.717, 1.165) is 18.4 Å². The number of carbonyl (C=O) groups is 2. The number of halogens is 1. The minimum atomic E-state index is -0.535. The van der Waals surface area contributed by atoms with E-state index in [-0.39, 0.29) is 24.2 Å². The maximum Gasteiger partial charge on any atom is 0.253 e. The van der Waals surface area contributed by atoms with Gasteiger partial charge in [-0.3, -0.25) is 9.59 Å². The van der Waals surface area contributed by atoms with Crippen LogP contribution in [0.25, 0.3) is 0 Å². The summed E-state index contributed by atoms with van der Waals surface area (Å²) in [6.07, 6.45) is 2.19. The van der Waals surface area contributed by atoms with Crippen molar-refractivity contribution >= 4 is 23.4 Å². The molecule has 0 bridgehead atoms. The van der Waals surface area contributed by atoms with E-state index >= 15 is 0 Å². The number of aromatic nitrogens is 2. The molecule has 1 heterocycles. The Hall–Kier alpha value is -3.19. The van der Waals surface area contributed by atoms with Crippen LogP contribution < -0.4 is 10.6 Å². The summed E-state index contributed by atoms with van der Waals surface area (Å²) in [4.78, 5) is 30.5. The van der Waals surface area contributed by atoms with Gasteiger partial charge in [-0.05, 0) is 36.5 Å². The van der Waals surface area contributed by atoms with Crippen molar-refractivity contribution < 1.29 is 14.1 Å². The number of nitrogens with one attached hydrogen (secondary N) is 2. The largest absolute Gasteiger partial charge is 0.345 e. The minimum absolute atomic E-state index is 0.0487. The van der Waals surface area contributed by atoms with Crippen LogP contribution in [-0.4, -0.2) is 22.0 Å². The minimum Gasteiger partial charge on any atom is -0.345 e. The van der Waals surface area contributed by atoms with Crippen molar-refractivity contribution in [2.45, 2.75) is 51.1 Å². The molecule has 1 aliphatic carbocycles. The van der Waals surface area contributed by atoms with Gasteiger partial charge in [0.05, 0.1) is 23.0 Å². The quantitative estimate of drug-likeness (QED) is 0.463. The van der Waals surface area contributed by atoms with Gasteiger partial charge in [-0.1, -0.05) is 73.1 Å². The van der Waals surface area contributed by atoms with Gasteiger partial charge in [-0.25, -0.2) is 0 Å². The fourth-order valence-corrected chi connectivity index (χ4v) is 3.85. The molecule has 2 unspecified atom stereocenters. The van der Waals surface area contributed by atoms with Gasteiger partial charge in [0.15, 0.2) is 5.82 Å². The topological polar surface area (TPSA) is 97.1 Å². The van der Waals surface area contributed by atoms with Crippen molar-refractivity contribution in [1.29, 1.82) is 0 Å². The fourth-order valence-electron chi connectivity index (χ4n) is 3.63. The van der Waals surface area contributed by atoms with Crippen LogP contribution in [0.15, 0.2) is 59.1 Å². The average Bonchev–Trinajstić information content (AvgIpc) is 3.54. The van der Waals surface area contributed by atoms with Gasteiger partial charge < -0.3 is 15.2 Å². The van der Waals surface area contributed by atoms with E-state index < -0.39 is 12.1 Å². The summed E-state index contributed by atoms with van der Waals surface area (Å²) >= 11 is 6.19. The van der Waals surface area contributed by atoms with Crippen LogP contribution in [0.5, 0.6) is 0 Å². The van der Waals surface area contributed by atoms with Crippen LogP contribution in [0, 0.1) is 5.92 Å². The van der Waals surface area contributed by atoms with Gasteiger partial charge in [0.25, 0.3) is 5.91 Å². The molecule has 0 saturated heterocycles. The molecule has 4 rings (SSSR count). The number of nitrogens with zero attached hydrogens (tertiary/aromatic N) is 2. The standard InChI is InChI=1S/C25H27ClN4O3/c1-15(2)22(25-29-23(30-33-25)17-12-13-17)28-21(31)14-20(16-8-4-3-5-9-16)27-24(32)18-10-6-7-11-19(18)26/h3-11,15,17,20,22H,12-14H2,1-2H3,(H,27,32)(H,28,31). The Balaban J connectivity index is 1.49. The SMILES string of the molecule is CC(C)C(NC(=O)CC(NC(=O)c1ccccc1Cl)c1ccccc1)c1nc(C2CC2)no1. The van der Waals surface area contributed by atoms with Crippen molar-refractivity contribution in [3.05, 3.63) is 82.5 Å². The molecule has 7 nitrogen and oxygen atoms in total. The highest BCUT2D eigenvalue weighted by atomic mass is 35.5. The van der Waals surface area contributed by atoms with Crippen molar-refractivity contribution in [2.24, 2.45) is 5.92 Å². The van der Waals surface area contributed by atoms with Gasteiger partial charge in [-0.2, -0.15) is 4.98 Å². The highest BCUT2D eigenvalue weighted by Gasteiger charge is 2.32. The smallest absolute Gasteiger partial charge is 0.253 e. The molecule has 1 saturated carbocycles. The Bertz CT molecular complexity index is 1110. The second-order valence-electron chi connectivity index (χ2n) is 8.67. The number of hydrogen-bond donors (Lipinski definition) is 2. The first kappa shape index (κ1) is 23.0. The van der Waals surface area contributed by atoms with Crippen LogP contribution in [0.4, 0.5) is 0 Å². The maximum absolute atomic E-state index is 13.1. The van der Waals surface area contributed by atoms with Gasteiger partial charge in [0.2, 0.25) is 11.8 Å². The maximum atomic E-state index is 13.1. The zero-order valence-electron chi connectivity index (χ0n) is 18.6. The molecule has 2 aromatic carbocycles. The van der Waals surface area contributed by atoms with Crippen molar-refractivity contribution in [1.82, 2.24) is 20.8 Å². The summed E-state index contributed by atoms with van der Waals surface area (Å²) in [5.41, 5.74) is 1.18. The molecule has 0 spiro atoms. The summed E-state index contributed by atoms with van der Waals surface area (Å²) in [6, 6.07) is 15.3. The second-order valence-corrected chi connectivity index (χ2v) is 9.08. The van der Waals surface area contributed by atoms with Crippen LogP contribution in [0.1, 0.15) is 78.7 Å². The van der Waals surface area contributed by atoms with E-state index in [9.17, 15) is 9.59 Å². The fraction of sp³-hybridized carbons (Fsp3) is 0.360. The summed E-state index contributed by atoms with van der Waals surface area (Å²) in [7, 11) is 0. The Morgan fingerprint density at radius 2 is 1.76 bits per heavy atom. The lowest BCUT2D eigenvalue weighted by atomic mass is 10.0. The highest BCUT2D eigenvalue weighted by molar-refractivity contribution is 6.33. The third-order valence-electron chi connectivity index (χ3n) is 5.66. The van der Waals surface area contributed by atoms with E-state index in [1.54, 1.807) is 24.3 Å². The average molecular weight is 467 g/mol. The van der Waals surface area contributed by atoms with Crippen LogP contribution in [0.3, 0.4) is 0 Å². The zero-order chi connectivity index (χ0) is 23.4. The van der Waals surface area contributed by atoms with Crippen LogP contribution >= 0.6 is 11.6 Å². The third kappa shape index (κ3) is 5.79. The van der Waals surface area contributed by atoms with E-state index in [1.165, 1.54) is 0 Å². The van der Waals surface area contributed by atoms with Gasteiger partial charge >= 0.3 is 0 Å². The second kappa shape index (κ2) is 10.2. The predicted octanol–water partition coefficient (Wildman–Crippen LogP) is 4.98. The molecule has 172 valence electrons. The Morgan fingerprint density at radius 3 is 2.42 bits per heavy atom. The molecule has 1 aromatic heterocycles. The monoisotopic (exact) mass is 466 g/mol. The molecule has 1 aliphatic rings. The lowest BCUT2D eigenvalue weighted by Gasteiger charge is -2.22. The molecule has 2 amide bonds. The van der Waals surface area contributed by atoms with Gasteiger partial charge in [-0.15, -0.1) is 0 Å². The third-order valence-corrected chi connectivity index (χ3v) is 5.99. The van der Waals surface area contributed by atoms with Crippen molar-refractivity contribution in [3.63, 3.8) is 0 Å². The molecule has 3 aromatic rings. The first-order chi connectivity index (χ1) is 15.9. The molecule has 0 radical (unpaired) electrons. The number of rotatable bonds is 9.